The van der Waals surface area contributed by atoms with Crippen molar-refractivity contribution in [3.8, 4) is 63.2 Å². The molecule has 0 bridgehead atoms. The first-order valence-electron chi connectivity index (χ1n) is 16.5. The third kappa shape index (κ3) is 5.93. The molecule has 0 spiro atoms. The quantitative estimate of drug-likeness (QED) is 0.0604. The lowest BCUT2D eigenvalue weighted by atomic mass is 9.77. The summed E-state index contributed by atoms with van der Waals surface area (Å²) in [7, 11) is 0. The highest BCUT2D eigenvalue weighted by molar-refractivity contribution is 5.80. The van der Waals surface area contributed by atoms with Crippen LogP contribution in [-0.4, -0.2) is 46.0 Å². The number of aromatic hydroxyl groups is 9. The lowest BCUT2D eigenvalue weighted by Crippen LogP contribution is -2.14. The number of ether oxygens (including phenoxy) is 2. The molecule has 266 valence electrons. The average molecular weight is 713 g/mol. The zero-order valence-electron chi connectivity index (χ0n) is 27.6. The predicted octanol–water partition coefficient (Wildman–Crippen LogP) is 7.74. The summed E-state index contributed by atoms with van der Waals surface area (Å²) < 4.78 is 13.3. The van der Waals surface area contributed by atoms with E-state index < -0.39 is 24.0 Å². The van der Waals surface area contributed by atoms with Gasteiger partial charge in [0.15, 0.2) is 23.0 Å². The maximum absolute atomic E-state index is 10.7. The number of rotatable bonds is 6. The monoisotopic (exact) mass is 712 g/mol. The van der Waals surface area contributed by atoms with Gasteiger partial charge in [0.2, 0.25) is 0 Å². The molecule has 0 radical (unpaired) electrons. The van der Waals surface area contributed by atoms with Crippen LogP contribution in [0.2, 0.25) is 0 Å². The van der Waals surface area contributed by atoms with Crippen LogP contribution in [0, 0.1) is 0 Å². The Balaban J connectivity index is 1.42. The molecule has 0 amide bonds. The number of phenolic OH excluding ortho intramolecular Hbond substituents is 9. The van der Waals surface area contributed by atoms with Crippen LogP contribution in [-0.2, 0) is 0 Å². The smallest absolute Gasteiger partial charge is 0.157 e. The maximum Gasteiger partial charge on any atom is 0.157 e. The van der Waals surface area contributed by atoms with Crippen LogP contribution in [0.5, 0.6) is 63.2 Å². The molecule has 0 aliphatic carbocycles. The Bertz CT molecular complexity index is 2260. The van der Waals surface area contributed by atoms with Gasteiger partial charge in [-0.15, -0.1) is 0 Å². The van der Waals surface area contributed by atoms with Crippen molar-refractivity contribution in [2.24, 2.45) is 0 Å². The molecule has 2 aliphatic rings. The minimum Gasteiger partial charge on any atom is -0.508 e. The van der Waals surface area contributed by atoms with Crippen LogP contribution in [0.4, 0.5) is 0 Å². The summed E-state index contributed by atoms with van der Waals surface area (Å²) in [6.07, 6.45) is 1.96. The van der Waals surface area contributed by atoms with Crippen molar-refractivity contribution >= 4 is 12.2 Å². The standard InChI is InChI=1S/C42H32O11/c43-25-6-1-20(2-7-25)3-8-30-39-35(52-41(21-4-9-31(48)33(50)15-21)37(39)23-11-26(44)17-27(45)12-23)19-36-40(30)38(24-13-28(46)18-29(47)14-24)42(53-36)22-5-10-32(49)34(51)16-22/h1-19,37-38,41-51H/b8-3+/t37-,38-,41-,42+/m1/s1. The van der Waals surface area contributed by atoms with Crippen LogP contribution in [0.1, 0.15) is 68.6 Å². The summed E-state index contributed by atoms with van der Waals surface area (Å²) >= 11 is 0. The highest BCUT2D eigenvalue weighted by Gasteiger charge is 2.46. The highest BCUT2D eigenvalue weighted by Crippen LogP contribution is 2.60. The summed E-state index contributed by atoms with van der Waals surface area (Å²) in [6.45, 7) is 0. The van der Waals surface area contributed by atoms with E-state index in [4.69, 9.17) is 9.47 Å². The molecule has 0 saturated carbocycles. The van der Waals surface area contributed by atoms with Gasteiger partial charge in [0.1, 0.15) is 52.5 Å². The Hall–Kier alpha value is -7.14. The van der Waals surface area contributed by atoms with Gasteiger partial charge in [0.05, 0.1) is 11.8 Å². The van der Waals surface area contributed by atoms with Gasteiger partial charge in [-0.3, -0.25) is 0 Å². The molecular weight excluding hydrogens is 680 g/mol. The van der Waals surface area contributed by atoms with Gasteiger partial charge < -0.3 is 55.4 Å². The van der Waals surface area contributed by atoms with Gasteiger partial charge in [-0.25, -0.2) is 0 Å². The minimum absolute atomic E-state index is 0.0814. The van der Waals surface area contributed by atoms with E-state index in [2.05, 4.69) is 0 Å². The van der Waals surface area contributed by atoms with Gasteiger partial charge in [-0.2, -0.15) is 0 Å². The Kier molecular flexibility index (Phi) is 7.83. The average Bonchev–Trinajstić information content (AvgIpc) is 3.68. The number of benzene rings is 6. The van der Waals surface area contributed by atoms with Gasteiger partial charge in [-0.1, -0.05) is 36.4 Å². The normalized spacial score (nSPS) is 18.7. The molecule has 11 nitrogen and oxygen atoms in total. The largest absolute Gasteiger partial charge is 0.508 e. The summed E-state index contributed by atoms with van der Waals surface area (Å²) in [4.78, 5) is 0. The molecule has 2 aliphatic heterocycles. The van der Waals surface area contributed by atoms with Crippen molar-refractivity contribution in [3.05, 3.63) is 148 Å². The van der Waals surface area contributed by atoms with Gasteiger partial charge in [-0.05, 0) is 94.0 Å². The summed E-state index contributed by atoms with van der Waals surface area (Å²) in [5, 5.41) is 93.9. The lowest BCUT2D eigenvalue weighted by Gasteiger charge is -2.24. The minimum atomic E-state index is -0.853. The van der Waals surface area contributed by atoms with E-state index in [1.54, 1.807) is 42.5 Å². The molecule has 0 aromatic heterocycles. The second kappa shape index (κ2) is 12.6. The van der Waals surface area contributed by atoms with E-state index in [-0.39, 0.29) is 51.7 Å². The predicted molar refractivity (Wildman–Crippen MR) is 193 cm³/mol. The van der Waals surface area contributed by atoms with Crippen LogP contribution < -0.4 is 9.47 Å². The number of fused-ring (bicyclic) bond motifs is 2. The number of phenols is 9. The van der Waals surface area contributed by atoms with Crippen molar-refractivity contribution in [2.75, 3.05) is 0 Å². The van der Waals surface area contributed by atoms with Gasteiger partial charge >= 0.3 is 0 Å². The first-order valence-corrected chi connectivity index (χ1v) is 16.5. The van der Waals surface area contributed by atoms with E-state index in [1.807, 2.05) is 12.2 Å². The van der Waals surface area contributed by atoms with Crippen molar-refractivity contribution in [3.63, 3.8) is 0 Å². The Labute approximate surface area is 302 Å². The second-order valence-electron chi connectivity index (χ2n) is 13.1. The van der Waals surface area contributed by atoms with Gasteiger partial charge in [0.25, 0.3) is 0 Å². The number of hydrogen-bond donors (Lipinski definition) is 9. The molecule has 8 rings (SSSR count). The summed E-state index contributed by atoms with van der Waals surface area (Å²) in [5.74, 6) is -2.89. The van der Waals surface area contributed by atoms with E-state index >= 15 is 0 Å². The lowest BCUT2D eigenvalue weighted by molar-refractivity contribution is 0.212. The molecular formula is C42H32O11. The fourth-order valence-corrected chi connectivity index (χ4v) is 7.41. The van der Waals surface area contributed by atoms with Crippen LogP contribution in [0.15, 0.2) is 103 Å². The van der Waals surface area contributed by atoms with Crippen LogP contribution in [0.3, 0.4) is 0 Å². The molecule has 0 fully saturated rings. The number of hydrogen-bond acceptors (Lipinski definition) is 11. The Morgan fingerprint density at radius 3 is 1.23 bits per heavy atom. The first-order chi connectivity index (χ1) is 25.4. The Morgan fingerprint density at radius 1 is 0.377 bits per heavy atom. The zero-order chi connectivity index (χ0) is 37.1. The van der Waals surface area contributed by atoms with Crippen molar-refractivity contribution in [2.45, 2.75) is 24.0 Å². The second-order valence-corrected chi connectivity index (χ2v) is 13.1. The topological polar surface area (TPSA) is 201 Å². The fraction of sp³-hybridized carbons (Fsp3) is 0.0952. The molecule has 4 atom stereocenters. The molecule has 0 unspecified atom stereocenters. The molecule has 0 saturated heterocycles. The van der Waals surface area contributed by atoms with Crippen LogP contribution >= 0.6 is 0 Å². The molecule has 6 aromatic rings. The molecule has 53 heavy (non-hydrogen) atoms. The zero-order valence-corrected chi connectivity index (χ0v) is 27.6. The van der Waals surface area contributed by atoms with E-state index in [9.17, 15) is 46.0 Å². The Morgan fingerprint density at radius 2 is 0.811 bits per heavy atom. The van der Waals surface area contributed by atoms with Crippen LogP contribution in [0.25, 0.3) is 12.2 Å². The summed E-state index contributed by atoms with van der Waals surface area (Å²) in [5.41, 5.74) is 4.40. The summed E-state index contributed by atoms with van der Waals surface area (Å²) in [6, 6.07) is 25.3. The van der Waals surface area contributed by atoms with Gasteiger partial charge in [0, 0.05) is 29.3 Å². The fourth-order valence-electron chi connectivity index (χ4n) is 7.41. The van der Waals surface area contributed by atoms with Crippen molar-refractivity contribution in [1.82, 2.24) is 0 Å². The molecule has 9 N–H and O–H groups in total. The van der Waals surface area contributed by atoms with E-state index in [1.165, 1.54) is 60.7 Å². The highest BCUT2D eigenvalue weighted by atomic mass is 16.5. The maximum atomic E-state index is 10.7. The molecule has 11 heteroatoms. The van der Waals surface area contributed by atoms with Crippen molar-refractivity contribution in [1.29, 1.82) is 0 Å². The van der Waals surface area contributed by atoms with E-state index in [0.717, 1.165) is 5.56 Å². The molecule has 6 aromatic carbocycles. The van der Waals surface area contributed by atoms with Crippen molar-refractivity contribution < 1.29 is 55.4 Å². The first kappa shape index (κ1) is 33.0. The van der Waals surface area contributed by atoms with E-state index in [0.29, 0.717) is 50.4 Å². The molecule has 2 heterocycles. The third-order valence-electron chi connectivity index (χ3n) is 9.67. The third-order valence-corrected chi connectivity index (χ3v) is 9.67. The SMILES string of the molecule is Oc1ccc(/C=C/c2c3c(cc4c2[C@@H](c2cc(O)cc(O)c2)[C@H](c2ccc(O)c(O)c2)O4)O[C@H](c2ccc(O)c(O)c2)[C@@H]3c2cc(O)cc(O)c2)cc1.